The second kappa shape index (κ2) is 6.25. The van der Waals surface area contributed by atoms with Crippen molar-refractivity contribution in [1.82, 2.24) is 15.1 Å². The number of nitrogens with one attached hydrogen (secondary N) is 1. The molecule has 3 unspecified atom stereocenters. The molecular weight excluding hydrogens is 294 g/mol. The second-order valence-electron chi connectivity index (χ2n) is 10.3. The molecule has 6 aliphatic rings. The van der Waals surface area contributed by atoms with Crippen LogP contribution in [0.1, 0.15) is 51.4 Å². The Hall–Kier alpha value is -0.120. The molecular formula is C21H37N3. The minimum Gasteiger partial charge on any atom is -0.313 e. The topological polar surface area (TPSA) is 18.5 Å². The van der Waals surface area contributed by atoms with Gasteiger partial charge >= 0.3 is 0 Å². The van der Waals surface area contributed by atoms with Gasteiger partial charge in [-0.25, -0.2) is 0 Å². The van der Waals surface area contributed by atoms with Gasteiger partial charge in [0.05, 0.1) is 0 Å². The maximum absolute atomic E-state index is 4.14. The molecule has 5 aliphatic carbocycles. The summed E-state index contributed by atoms with van der Waals surface area (Å²) in [4.78, 5) is 5.22. The smallest absolute Gasteiger partial charge is 0.0110 e. The van der Waals surface area contributed by atoms with Gasteiger partial charge in [0.25, 0.3) is 0 Å². The largest absolute Gasteiger partial charge is 0.313 e. The molecule has 5 saturated carbocycles. The summed E-state index contributed by atoms with van der Waals surface area (Å²) in [5, 5.41) is 4.14. The third-order valence-electron chi connectivity index (χ3n) is 8.28. The van der Waals surface area contributed by atoms with Crippen molar-refractivity contribution in [3.63, 3.8) is 0 Å². The number of nitrogens with zero attached hydrogens (tertiary/aromatic N) is 2. The quantitative estimate of drug-likeness (QED) is 0.836. The molecule has 24 heavy (non-hydrogen) atoms. The average molecular weight is 332 g/mol. The number of fused-ring (bicyclic) bond motifs is 1. The number of piperazine rings is 1. The fraction of sp³-hybridized carbons (Fsp3) is 1.00. The average Bonchev–Trinajstić information content (AvgIpc) is 3.34. The van der Waals surface area contributed by atoms with Gasteiger partial charge in [0, 0.05) is 45.3 Å². The van der Waals surface area contributed by atoms with Crippen molar-refractivity contribution < 1.29 is 0 Å². The van der Waals surface area contributed by atoms with Gasteiger partial charge in [0.2, 0.25) is 0 Å². The number of rotatable bonds is 5. The first-order valence-electron chi connectivity index (χ1n) is 10.8. The molecule has 1 aliphatic heterocycles. The highest BCUT2D eigenvalue weighted by Crippen LogP contribution is 2.52. The van der Waals surface area contributed by atoms with Crippen molar-refractivity contribution in [3.8, 4) is 0 Å². The van der Waals surface area contributed by atoms with Crippen LogP contribution in [0, 0.1) is 29.1 Å². The zero-order chi connectivity index (χ0) is 16.1. The van der Waals surface area contributed by atoms with Gasteiger partial charge in [-0.1, -0.05) is 0 Å². The molecule has 0 amide bonds. The van der Waals surface area contributed by atoms with Crippen LogP contribution < -0.4 is 5.32 Å². The fourth-order valence-electron chi connectivity index (χ4n) is 6.76. The van der Waals surface area contributed by atoms with Crippen molar-refractivity contribution in [2.24, 2.45) is 29.1 Å². The molecule has 0 aromatic carbocycles. The Morgan fingerprint density at radius 3 is 2.08 bits per heavy atom. The predicted molar refractivity (Wildman–Crippen MR) is 99.1 cm³/mol. The van der Waals surface area contributed by atoms with E-state index in [1.54, 1.807) is 32.1 Å². The van der Waals surface area contributed by atoms with Gasteiger partial charge in [-0.2, -0.15) is 0 Å². The monoisotopic (exact) mass is 331 g/mol. The molecule has 3 nitrogen and oxygen atoms in total. The summed E-state index contributed by atoms with van der Waals surface area (Å²) in [6, 6.07) is 0.857. The van der Waals surface area contributed by atoms with Gasteiger partial charge in [-0.15, -0.1) is 0 Å². The number of hydrogen-bond acceptors (Lipinski definition) is 3. The van der Waals surface area contributed by atoms with Crippen LogP contribution in [0.3, 0.4) is 0 Å². The van der Waals surface area contributed by atoms with Crippen molar-refractivity contribution in [2.75, 3.05) is 46.3 Å². The molecule has 1 saturated heterocycles. The molecule has 6 fully saturated rings. The van der Waals surface area contributed by atoms with Crippen molar-refractivity contribution >= 4 is 0 Å². The molecule has 1 heterocycles. The van der Waals surface area contributed by atoms with E-state index in [4.69, 9.17) is 0 Å². The summed E-state index contributed by atoms with van der Waals surface area (Å²) in [6.07, 6.45) is 12.3. The Bertz CT molecular complexity index is 438. The molecule has 4 bridgehead atoms. The standard InChI is InChI=1S/C21H37N3/c1-23-4-6-24(7-5-23)15-21(2-3-21)14-22-20-13-18-9-16-8-17(10-18)12-19(20)11-16/h16-20,22H,2-15H2,1H3. The fourth-order valence-corrected chi connectivity index (χ4v) is 6.76. The maximum Gasteiger partial charge on any atom is 0.0110 e. The maximum atomic E-state index is 4.14. The van der Waals surface area contributed by atoms with E-state index in [1.165, 1.54) is 58.5 Å². The minimum absolute atomic E-state index is 0.638. The Morgan fingerprint density at radius 1 is 0.833 bits per heavy atom. The van der Waals surface area contributed by atoms with Crippen LogP contribution in [0.5, 0.6) is 0 Å². The van der Waals surface area contributed by atoms with Crippen LogP contribution in [0.25, 0.3) is 0 Å². The highest BCUT2D eigenvalue weighted by molar-refractivity contribution is 5.01. The van der Waals surface area contributed by atoms with Crippen LogP contribution >= 0.6 is 0 Å². The minimum atomic E-state index is 0.638. The molecule has 1 N–H and O–H groups in total. The predicted octanol–water partition coefficient (Wildman–Crippen LogP) is 2.82. The van der Waals surface area contributed by atoms with Gasteiger partial charge in [-0.05, 0) is 87.5 Å². The van der Waals surface area contributed by atoms with Crippen LogP contribution in [-0.4, -0.2) is 62.2 Å². The highest BCUT2D eigenvalue weighted by atomic mass is 15.3. The SMILES string of the molecule is CN1CCN(CC2(CNC3CC4CC5CC(C4)CC3C5)CC2)CC1. The number of hydrogen-bond donors (Lipinski definition) is 1. The van der Waals surface area contributed by atoms with Crippen LogP contribution in [0.15, 0.2) is 0 Å². The van der Waals surface area contributed by atoms with Gasteiger partial charge < -0.3 is 15.1 Å². The van der Waals surface area contributed by atoms with Crippen LogP contribution in [-0.2, 0) is 0 Å². The molecule has 0 aromatic rings. The third kappa shape index (κ3) is 3.29. The van der Waals surface area contributed by atoms with Gasteiger partial charge in [0.1, 0.15) is 0 Å². The summed E-state index contributed by atoms with van der Waals surface area (Å²) < 4.78 is 0. The third-order valence-corrected chi connectivity index (χ3v) is 8.28. The van der Waals surface area contributed by atoms with Crippen LogP contribution in [0.4, 0.5) is 0 Å². The van der Waals surface area contributed by atoms with Crippen molar-refractivity contribution in [1.29, 1.82) is 0 Å². The molecule has 3 heteroatoms. The molecule has 3 atom stereocenters. The van der Waals surface area contributed by atoms with Gasteiger partial charge in [-0.3, -0.25) is 0 Å². The summed E-state index contributed by atoms with van der Waals surface area (Å²) in [6.45, 7) is 7.77. The molecule has 0 radical (unpaired) electrons. The lowest BCUT2D eigenvalue weighted by Crippen LogP contribution is -2.48. The second-order valence-corrected chi connectivity index (χ2v) is 10.3. The van der Waals surface area contributed by atoms with E-state index in [0.29, 0.717) is 5.41 Å². The Kier molecular flexibility index (Phi) is 4.18. The van der Waals surface area contributed by atoms with Crippen molar-refractivity contribution in [3.05, 3.63) is 0 Å². The van der Waals surface area contributed by atoms with Crippen LogP contribution in [0.2, 0.25) is 0 Å². The first-order chi connectivity index (χ1) is 11.7. The van der Waals surface area contributed by atoms with Crippen molar-refractivity contribution in [2.45, 2.75) is 57.4 Å². The Labute approximate surface area is 148 Å². The van der Waals surface area contributed by atoms with E-state index in [1.807, 2.05) is 0 Å². The molecule has 136 valence electrons. The lowest BCUT2D eigenvalue weighted by molar-refractivity contribution is 0.121. The van der Waals surface area contributed by atoms with E-state index < -0.39 is 0 Å². The number of likely N-dealkylation sites (N-methyl/N-ethyl adjacent to an activating group) is 1. The Morgan fingerprint density at radius 2 is 1.46 bits per heavy atom. The molecule has 6 rings (SSSR count). The summed E-state index contributed by atoms with van der Waals surface area (Å²) in [5.74, 6) is 4.27. The van der Waals surface area contributed by atoms with E-state index in [-0.39, 0.29) is 0 Å². The summed E-state index contributed by atoms with van der Waals surface area (Å²) >= 11 is 0. The van der Waals surface area contributed by atoms with E-state index >= 15 is 0 Å². The first-order valence-corrected chi connectivity index (χ1v) is 10.8. The zero-order valence-electron chi connectivity index (χ0n) is 15.7. The lowest BCUT2D eigenvalue weighted by atomic mass is 9.67. The highest BCUT2D eigenvalue weighted by Gasteiger charge is 2.47. The van der Waals surface area contributed by atoms with E-state index in [0.717, 1.165) is 29.7 Å². The summed E-state index contributed by atoms with van der Waals surface area (Å²) in [7, 11) is 2.26. The summed E-state index contributed by atoms with van der Waals surface area (Å²) in [5.41, 5.74) is 0.638. The zero-order valence-corrected chi connectivity index (χ0v) is 15.7. The Balaban J connectivity index is 1.16. The molecule has 0 spiro atoms. The molecule has 0 aromatic heterocycles. The van der Waals surface area contributed by atoms with E-state index in [2.05, 4.69) is 22.2 Å². The van der Waals surface area contributed by atoms with E-state index in [9.17, 15) is 0 Å². The normalized spacial score (nSPS) is 44.6. The van der Waals surface area contributed by atoms with Gasteiger partial charge in [0.15, 0.2) is 0 Å². The lowest BCUT2D eigenvalue weighted by Gasteiger charge is -2.39. The first kappa shape index (κ1) is 16.1.